The summed E-state index contributed by atoms with van der Waals surface area (Å²) in [7, 11) is 1.55. The lowest BCUT2D eigenvalue weighted by atomic mass is 9.95. The molecule has 1 aromatic carbocycles. The van der Waals surface area contributed by atoms with Crippen molar-refractivity contribution in [2.24, 2.45) is 0 Å². The second-order valence-corrected chi connectivity index (χ2v) is 4.91. The van der Waals surface area contributed by atoms with Crippen LogP contribution in [0.1, 0.15) is 30.1 Å². The number of halogens is 1. The molecule has 0 saturated carbocycles. The second kappa shape index (κ2) is 4.62. The summed E-state index contributed by atoms with van der Waals surface area (Å²) in [6, 6.07) is 2.47. The van der Waals surface area contributed by atoms with Gasteiger partial charge in [-0.1, -0.05) is 0 Å². The maximum atomic E-state index is 13.5. The molecular weight excluding hydrogens is 253 g/mol. The van der Waals surface area contributed by atoms with Crippen molar-refractivity contribution >= 4 is 17.1 Å². The highest BCUT2D eigenvalue weighted by molar-refractivity contribution is 6.00. The first-order chi connectivity index (χ1) is 8.86. The number of carboxylic acids is 1. The lowest BCUT2D eigenvalue weighted by molar-refractivity contribution is 0.0692. The van der Waals surface area contributed by atoms with E-state index in [1.54, 1.807) is 7.11 Å². The van der Waals surface area contributed by atoms with Crippen molar-refractivity contribution in [1.29, 1.82) is 0 Å². The van der Waals surface area contributed by atoms with Gasteiger partial charge in [0, 0.05) is 7.11 Å². The fourth-order valence-electron chi connectivity index (χ4n) is 1.88. The molecule has 5 nitrogen and oxygen atoms in total. The fraction of sp³-hybridized carbons (Fsp3) is 0.385. The van der Waals surface area contributed by atoms with E-state index in [1.807, 2.05) is 13.8 Å². The molecule has 0 unspecified atom stereocenters. The number of oxazole rings is 1. The summed E-state index contributed by atoms with van der Waals surface area (Å²) in [4.78, 5) is 15.3. The number of aromatic carboxylic acids is 1. The van der Waals surface area contributed by atoms with Gasteiger partial charge in [-0.05, 0) is 26.0 Å². The van der Waals surface area contributed by atoms with Gasteiger partial charge in [-0.15, -0.1) is 0 Å². The topological polar surface area (TPSA) is 72.6 Å². The molecule has 1 aromatic heterocycles. The number of aromatic nitrogens is 1. The number of benzene rings is 1. The molecule has 2 rings (SSSR count). The number of carboxylic acid groups (broad SMARTS) is 1. The van der Waals surface area contributed by atoms with Gasteiger partial charge in [0.05, 0.1) is 12.0 Å². The number of carbonyl (C=O) groups is 1. The predicted octanol–water partition coefficient (Wildman–Crippen LogP) is 2.59. The number of methoxy groups -OCH3 is 1. The minimum atomic E-state index is -1.38. The number of nitrogens with zero attached hydrogens (tertiary/aromatic N) is 1. The van der Waals surface area contributed by atoms with Crippen LogP contribution in [0.3, 0.4) is 0 Å². The Hall–Kier alpha value is -1.95. The Morgan fingerprint density at radius 1 is 1.53 bits per heavy atom. The van der Waals surface area contributed by atoms with E-state index in [2.05, 4.69) is 4.98 Å². The van der Waals surface area contributed by atoms with Crippen LogP contribution in [0.25, 0.3) is 11.1 Å². The molecule has 0 aliphatic heterocycles. The van der Waals surface area contributed by atoms with Crippen LogP contribution in [-0.2, 0) is 10.2 Å². The largest absolute Gasteiger partial charge is 0.477 e. The SMILES string of the molecule is COCC(C)(C)c1nc2ccc(F)c(C(=O)O)c2o1. The zero-order valence-electron chi connectivity index (χ0n) is 10.9. The lowest BCUT2D eigenvalue weighted by Crippen LogP contribution is -2.23. The first-order valence-corrected chi connectivity index (χ1v) is 5.68. The van der Waals surface area contributed by atoms with Crippen LogP contribution in [0.2, 0.25) is 0 Å². The summed E-state index contributed by atoms with van der Waals surface area (Å²) in [5.74, 6) is -1.90. The molecule has 1 heterocycles. The monoisotopic (exact) mass is 267 g/mol. The quantitative estimate of drug-likeness (QED) is 0.921. The minimum Gasteiger partial charge on any atom is -0.477 e. The van der Waals surface area contributed by atoms with E-state index in [4.69, 9.17) is 14.3 Å². The third-order valence-corrected chi connectivity index (χ3v) is 2.80. The zero-order chi connectivity index (χ0) is 14.2. The Kier molecular flexibility index (Phi) is 3.28. The zero-order valence-corrected chi connectivity index (χ0v) is 10.9. The average molecular weight is 267 g/mol. The van der Waals surface area contributed by atoms with E-state index in [1.165, 1.54) is 6.07 Å². The molecule has 1 N–H and O–H groups in total. The van der Waals surface area contributed by atoms with Crippen molar-refractivity contribution in [3.05, 3.63) is 29.4 Å². The molecule has 0 saturated heterocycles. The number of ether oxygens (including phenoxy) is 1. The van der Waals surface area contributed by atoms with Crippen LogP contribution in [0, 0.1) is 5.82 Å². The number of hydrogen-bond donors (Lipinski definition) is 1. The summed E-state index contributed by atoms with van der Waals surface area (Å²) in [6.07, 6.45) is 0. The predicted molar refractivity (Wildman–Crippen MR) is 65.8 cm³/mol. The van der Waals surface area contributed by atoms with Crippen molar-refractivity contribution in [3.8, 4) is 0 Å². The summed E-state index contributed by atoms with van der Waals surface area (Å²) in [5, 5.41) is 9.03. The maximum absolute atomic E-state index is 13.5. The van der Waals surface area contributed by atoms with Crippen molar-refractivity contribution in [2.75, 3.05) is 13.7 Å². The van der Waals surface area contributed by atoms with Crippen LogP contribution in [0.4, 0.5) is 4.39 Å². The molecule has 0 aliphatic carbocycles. The average Bonchev–Trinajstić information content (AvgIpc) is 2.72. The van der Waals surface area contributed by atoms with Crippen LogP contribution < -0.4 is 0 Å². The van der Waals surface area contributed by atoms with Gasteiger partial charge in [-0.2, -0.15) is 0 Å². The Morgan fingerprint density at radius 2 is 2.21 bits per heavy atom. The molecule has 19 heavy (non-hydrogen) atoms. The second-order valence-electron chi connectivity index (χ2n) is 4.91. The maximum Gasteiger partial charge on any atom is 0.342 e. The van der Waals surface area contributed by atoms with Crippen molar-refractivity contribution < 1.29 is 23.4 Å². The molecule has 2 aromatic rings. The molecular formula is C13H14FNO4. The summed E-state index contributed by atoms with van der Waals surface area (Å²) >= 11 is 0. The minimum absolute atomic E-state index is 0.0494. The molecule has 102 valence electrons. The standard InChI is InChI=1S/C13H14FNO4/c1-13(2,6-18-3)12-15-8-5-4-7(14)9(11(16)17)10(8)19-12/h4-5H,6H2,1-3H3,(H,16,17). The highest BCUT2D eigenvalue weighted by Crippen LogP contribution is 2.29. The van der Waals surface area contributed by atoms with Crippen molar-refractivity contribution in [1.82, 2.24) is 4.98 Å². The summed E-state index contributed by atoms with van der Waals surface area (Å²) in [6.45, 7) is 4.04. The molecule has 0 fully saturated rings. The highest BCUT2D eigenvalue weighted by atomic mass is 19.1. The molecule has 0 spiro atoms. The lowest BCUT2D eigenvalue weighted by Gasteiger charge is -2.18. The molecule has 6 heteroatoms. The van der Waals surface area contributed by atoms with E-state index < -0.39 is 22.8 Å². The van der Waals surface area contributed by atoms with Gasteiger partial charge in [-0.3, -0.25) is 0 Å². The molecule has 0 radical (unpaired) electrons. The first kappa shape index (κ1) is 13.5. The summed E-state index contributed by atoms with van der Waals surface area (Å²) in [5.41, 5.74) is -0.755. The highest BCUT2D eigenvalue weighted by Gasteiger charge is 2.29. The number of rotatable bonds is 4. The fourth-order valence-corrected chi connectivity index (χ4v) is 1.88. The Morgan fingerprint density at radius 3 is 2.79 bits per heavy atom. The normalized spacial score (nSPS) is 12.0. The van der Waals surface area contributed by atoms with E-state index in [9.17, 15) is 9.18 Å². The van der Waals surface area contributed by atoms with E-state index in [-0.39, 0.29) is 5.58 Å². The third kappa shape index (κ3) is 2.31. The Balaban J connectivity index is 2.64. The van der Waals surface area contributed by atoms with Gasteiger partial charge in [-0.25, -0.2) is 14.2 Å². The van der Waals surface area contributed by atoms with Gasteiger partial charge < -0.3 is 14.3 Å². The van der Waals surface area contributed by atoms with Crippen LogP contribution in [-0.4, -0.2) is 29.8 Å². The first-order valence-electron chi connectivity index (χ1n) is 5.68. The molecule has 0 atom stereocenters. The van der Waals surface area contributed by atoms with Crippen LogP contribution >= 0.6 is 0 Å². The van der Waals surface area contributed by atoms with Gasteiger partial charge in [0.15, 0.2) is 5.58 Å². The van der Waals surface area contributed by atoms with Gasteiger partial charge >= 0.3 is 5.97 Å². The van der Waals surface area contributed by atoms with E-state index in [0.717, 1.165) is 6.07 Å². The number of hydrogen-bond acceptors (Lipinski definition) is 4. The van der Waals surface area contributed by atoms with Crippen LogP contribution in [0.15, 0.2) is 16.5 Å². The van der Waals surface area contributed by atoms with Crippen molar-refractivity contribution in [2.45, 2.75) is 19.3 Å². The van der Waals surface area contributed by atoms with Crippen molar-refractivity contribution in [3.63, 3.8) is 0 Å². The van der Waals surface area contributed by atoms with E-state index >= 15 is 0 Å². The smallest absolute Gasteiger partial charge is 0.342 e. The molecule has 0 bridgehead atoms. The Labute approximate surface area is 109 Å². The van der Waals surface area contributed by atoms with Gasteiger partial charge in [0.25, 0.3) is 0 Å². The van der Waals surface area contributed by atoms with Crippen LogP contribution in [0.5, 0.6) is 0 Å². The van der Waals surface area contributed by atoms with Gasteiger partial charge in [0.2, 0.25) is 5.89 Å². The third-order valence-electron chi connectivity index (χ3n) is 2.80. The number of fused-ring (bicyclic) bond motifs is 1. The summed E-state index contributed by atoms with van der Waals surface area (Å²) < 4.78 is 24.0. The van der Waals surface area contributed by atoms with Gasteiger partial charge in [0.1, 0.15) is 16.9 Å². The molecule has 0 aliphatic rings. The molecule has 0 amide bonds. The van der Waals surface area contributed by atoms with E-state index in [0.29, 0.717) is 18.0 Å². The Bertz CT molecular complexity index is 633.